The van der Waals surface area contributed by atoms with Crippen LogP contribution in [0.15, 0.2) is 0 Å². The predicted octanol–water partition coefficient (Wildman–Crippen LogP) is 2.82. The van der Waals surface area contributed by atoms with E-state index in [1.807, 2.05) is 0 Å². The lowest BCUT2D eigenvalue weighted by Gasteiger charge is -2.57. The van der Waals surface area contributed by atoms with Gasteiger partial charge in [-0.25, -0.2) is 0 Å². The van der Waals surface area contributed by atoms with Crippen LogP contribution in [0.1, 0.15) is 77.6 Å². The number of piperidine rings is 1. The molecule has 2 N–H and O–H groups in total. The van der Waals surface area contributed by atoms with Crippen LogP contribution in [-0.2, 0) is 4.74 Å². The Morgan fingerprint density at radius 2 is 1.76 bits per heavy atom. The minimum Gasteiger partial charge on any atom is -0.385 e. The molecule has 4 bridgehead atoms. The molecule has 0 spiro atoms. The maximum atomic E-state index is 10.4. The monoisotopic (exact) mass is 350 g/mol. The lowest BCUT2D eigenvalue weighted by molar-refractivity contribution is -0.933. The van der Waals surface area contributed by atoms with Gasteiger partial charge in [-0.3, -0.25) is 0 Å². The molecule has 5 rings (SSSR count). The summed E-state index contributed by atoms with van der Waals surface area (Å²) in [5, 5.41) is 10.4. The van der Waals surface area contributed by atoms with Crippen LogP contribution in [0.4, 0.5) is 0 Å². The van der Waals surface area contributed by atoms with Gasteiger partial charge in [0.1, 0.15) is 12.6 Å². The number of ether oxygens (including phenoxy) is 1. The van der Waals surface area contributed by atoms with E-state index >= 15 is 0 Å². The number of nitrogens with one attached hydrogen (secondary N) is 1. The summed E-state index contributed by atoms with van der Waals surface area (Å²) in [5.41, 5.74) is 0.616. The first-order chi connectivity index (χ1) is 12.2. The van der Waals surface area contributed by atoms with E-state index in [-0.39, 0.29) is 6.10 Å². The predicted molar refractivity (Wildman–Crippen MR) is 101 cm³/mol. The average molecular weight is 351 g/mol. The topological polar surface area (TPSA) is 33.9 Å². The van der Waals surface area contributed by atoms with Crippen molar-refractivity contribution < 1.29 is 14.7 Å². The molecule has 3 nitrogen and oxygen atoms in total. The van der Waals surface area contributed by atoms with Gasteiger partial charge < -0.3 is 14.7 Å². The molecule has 0 aromatic rings. The van der Waals surface area contributed by atoms with Crippen molar-refractivity contribution in [3.05, 3.63) is 0 Å². The van der Waals surface area contributed by atoms with Crippen LogP contribution in [0.25, 0.3) is 0 Å². The van der Waals surface area contributed by atoms with Gasteiger partial charge in [0.2, 0.25) is 0 Å². The van der Waals surface area contributed by atoms with Gasteiger partial charge in [-0.05, 0) is 93.8 Å². The summed E-state index contributed by atoms with van der Waals surface area (Å²) >= 11 is 0. The summed E-state index contributed by atoms with van der Waals surface area (Å²) in [6.07, 6.45) is 15.2. The molecular weight excluding hydrogens is 310 g/mol. The zero-order chi connectivity index (χ0) is 17.3. The second-order valence-electron chi connectivity index (χ2n) is 10.1. The van der Waals surface area contributed by atoms with Gasteiger partial charge in [-0.15, -0.1) is 0 Å². The highest BCUT2D eigenvalue weighted by Gasteiger charge is 2.50. The van der Waals surface area contributed by atoms with Crippen LogP contribution in [0.2, 0.25) is 0 Å². The van der Waals surface area contributed by atoms with Gasteiger partial charge in [0, 0.05) is 6.61 Å². The molecule has 1 heterocycles. The second kappa shape index (κ2) is 7.86. The number of rotatable bonds is 8. The van der Waals surface area contributed by atoms with Crippen molar-refractivity contribution in [3.63, 3.8) is 0 Å². The molecule has 4 saturated carbocycles. The Morgan fingerprint density at radius 1 is 1.08 bits per heavy atom. The molecule has 144 valence electrons. The fourth-order valence-corrected chi connectivity index (χ4v) is 7.38. The molecule has 4 aliphatic carbocycles. The van der Waals surface area contributed by atoms with E-state index in [4.69, 9.17) is 4.74 Å². The molecule has 0 aromatic heterocycles. The third-order valence-corrected chi connectivity index (χ3v) is 8.12. The van der Waals surface area contributed by atoms with Gasteiger partial charge >= 0.3 is 0 Å². The number of hydrogen-bond donors (Lipinski definition) is 2. The smallest absolute Gasteiger partial charge is 0.126 e. The normalized spacial score (nSPS) is 44.2. The Labute approximate surface area is 154 Å². The summed E-state index contributed by atoms with van der Waals surface area (Å²) < 4.78 is 5.98. The van der Waals surface area contributed by atoms with E-state index in [0.717, 1.165) is 36.9 Å². The minimum absolute atomic E-state index is 0.279. The molecule has 5 fully saturated rings. The summed E-state index contributed by atoms with van der Waals surface area (Å²) in [7, 11) is 0. The third kappa shape index (κ3) is 4.25. The van der Waals surface area contributed by atoms with E-state index in [1.165, 1.54) is 77.2 Å². The first-order valence-corrected chi connectivity index (χ1v) is 11.3. The third-order valence-electron chi connectivity index (χ3n) is 8.12. The Kier molecular flexibility index (Phi) is 5.74. The van der Waals surface area contributed by atoms with Crippen LogP contribution in [-0.4, -0.2) is 43.6 Å². The lowest BCUT2D eigenvalue weighted by atomic mass is 9.49. The van der Waals surface area contributed by atoms with Crippen molar-refractivity contribution in [1.29, 1.82) is 0 Å². The van der Waals surface area contributed by atoms with Crippen molar-refractivity contribution in [3.8, 4) is 0 Å². The molecule has 1 aliphatic heterocycles. The molecular formula is C22H40NO2+. The molecule has 0 aromatic carbocycles. The average Bonchev–Trinajstić information content (AvgIpc) is 2.58. The highest BCUT2D eigenvalue weighted by molar-refractivity contribution is 5.01. The van der Waals surface area contributed by atoms with E-state index in [2.05, 4.69) is 6.92 Å². The zero-order valence-electron chi connectivity index (χ0n) is 16.3. The van der Waals surface area contributed by atoms with Gasteiger partial charge in [-0.2, -0.15) is 0 Å². The van der Waals surface area contributed by atoms with Gasteiger partial charge in [0.25, 0.3) is 0 Å². The van der Waals surface area contributed by atoms with E-state index in [1.54, 1.807) is 4.90 Å². The van der Waals surface area contributed by atoms with Crippen molar-refractivity contribution in [2.75, 3.05) is 26.3 Å². The first-order valence-electron chi connectivity index (χ1n) is 11.3. The Morgan fingerprint density at radius 3 is 2.40 bits per heavy atom. The van der Waals surface area contributed by atoms with Gasteiger partial charge in [0.15, 0.2) is 0 Å². The number of aliphatic hydroxyl groups is 1. The fourth-order valence-electron chi connectivity index (χ4n) is 7.38. The summed E-state index contributed by atoms with van der Waals surface area (Å²) in [6, 6.07) is 0.760. The number of likely N-dealkylation sites (tertiary alicyclic amines) is 1. The quantitative estimate of drug-likeness (QED) is 0.660. The standard InChI is InChI=1S/C22H39NO2/c1-2-20-5-3-4-7-23(20)15-21(24)16-25-8-6-22-12-17-9-18(13-22)11-19(10-17)14-22/h17-21,24H,2-16H2,1H3/p+1/t17?,18?,19?,20-,21-,22?/m0/s1. The Bertz CT molecular complexity index is 402. The number of aliphatic hydroxyl groups excluding tert-OH is 1. The lowest BCUT2D eigenvalue weighted by Crippen LogP contribution is -3.17. The highest BCUT2D eigenvalue weighted by atomic mass is 16.5. The van der Waals surface area contributed by atoms with E-state index in [0.29, 0.717) is 12.0 Å². The van der Waals surface area contributed by atoms with Gasteiger partial charge in [0.05, 0.1) is 19.2 Å². The summed E-state index contributed by atoms with van der Waals surface area (Å²) in [6.45, 7) is 5.84. The van der Waals surface area contributed by atoms with Crippen LogP contribution >= 0.6 is 0 Å². The molecule has 1 saturated heterocycles. The maximum absolute atomic E-state index is 10.4. The Balaban J connectivity index is 1.17. The second-order valence-corrected chi connectivity index (χ2v) is 10.1. The molecule has 3 atom stereocenters. The van der Waals surface area contributed by atoms with Crippen molar-refractivity contribution >= 4 is 0 Å². The SMILES string of the molecule is CC[C@H]1CCCC[NH+]1C[C@H](O)COCCC12CC3CC(CC(C3)C1)C2. The summed E-state index contributed by atoms with van der Waals surface area (Å²) in [4.78, 5) is 1.62. The number of quaternary nitrogens is 1. The van der Waals surface area contributed by atoms with Crippen molar-refractivity contribution in [2.45, 2.75) is 89.7 Å². The molecule has 0 amide bonds. The van der Waals surface area contributed by atoms with E-state index < -0.39 is 0 Å². The molecule has 25 heavy (non-hydrogen) atoms. The van der Waals surface area contributed by atoms with Crippen LogP contribution in [0.5, 0.6) is 0 Å². The van der Waals surface area contributed by atoms with Crippen molar-refractivity contribution in [2.24, 2.45) is 23.2 Å². The first kappa shape index (κ1) is 18.3. The Hall–Kier alpha value is -0.120. The van der Waals surface area contributed by atoms with Crippen LogP contribution in [0.3, 0.4) is 0 Å². The van der Waals surface area contributed by atoms with Gasteiger partial charge in [-0.1, -0.05) is 6.92 Å². The van der Waals surface area contributed by atoms with Crippen LogP contribution < -0.4 is 4.90 Å². The van der Waals surface area contributed by atoms with Crippen molar-refractivity contribution in [1.82, 2.24) is 0 Å². The fraction of sp³-hybridized carbons (Fsp3) is 1.00. The molecule has 5 aliphatic rings. The molecule has 3 heteroatoms. The summed E-state index contributed by atoms with van der Waals surface area (Å²) in [5.74, 6) is 3.10. The zero-order valence-corrected chi connectivity index (χ0v) is 16.3. The van der Waals surface area contributed by atoms with E-state index in [9.17, 15) is 5.11 Å². The number of hydrogen-bond acceptors (Lipinski definition) is 2. The maximum Gasteiger partial charge on any atom is 0.126 e. The highest BCUT2D eigenvalue weighted by Crippen LogP contribution is 2.61. The minimum atomic E-state index is -0.279. The molecule has 1 unspecified atom stereocenters. The van der Waals surface area contributed by atoms with Crippen LogP contribution in [0, 0.1) is 23.2 Å². The largest absolute Gasteiger partial charge is 0.385 e. The molecule has 0 radical (unpaired) electrons.